The predicted octanol–water partition coefficient (Wildman–Crippen LogP) is 2.54. The Kier molecular flexibility index (Phi) is 3.89. The highest BCUT2D eigenvalue weighted by Crippen LogP contribution is 2.50. The summed E-state index contributed by atoms with van der Waals surface area (Å²) in [6.45, 7) is 9.52. The summed E-state index contributed by atoms with van der Waals surface area (Å²) in [5.41, 5.74) is 6.62. The molecule has 2 atom stereocenters. The average molecular weight is 280 g/mol. The van der Waals surface area contributed by atoms with E-state index in [1.807, 2.05) is 0 Å². The first-order valence-corrected chi connectivity index (χ1v) is 8.59. The predicted molar refractivity (Wildman–Crippen MR) is 82.5 cm³/mol. The molecule has 116 valence electrons. The number of hydrogen-bond acceptors (Lipinski definition) is 3. The van der Waals surface area contributed by atoms with E-state index >= 15 is 0 Å². The van der Waals surface area contributed by atoms with Crippen LogP contribution in [-0.2, 0) is 4.74 Å². The fraction of sp³-hybridized carbons (Fsp3) is 1.00. The first-order valence-electron chi connectivity index (χ1n) is 8.59. The Hall–Kier alpha value is -0.120. The van der Waals surface area contributed by atoms with Gasteiger partial charge in [-0.15, -0.1) is 0 Å². The van der Waals surface area contributed by atoms with Gasteiger partial charge in [-0.1, -0.05) is 13.8 Å². The van der Waals surface area contributed by atoms with Crippen LogP contribution in [0.15, 0.2) is 0 Å². The molecule has 0 aromatic heterocycles. The molecule has 0 aromatic rings. The summed E-state index contributed by atoms with van der Waals surface area (Å²) in [5.74, 6) is 2.98. The SMILES string of the molecule is CCOC1CC(N)(CNCC(C2CC2)C2CC2)C1(C)C. The molecule has 3 heteroatoms. The Morgan fingerprint density at radius 1 is 1.20 bits per heavy atom. The monoisotopic (exact) mass is 280 g/mol. The Labute approximate surface area is 124 Å². The third-order valence-corrected chi connectivity index (χ3v) is 6.28. The van der Waals surface area contributed by atoms with E-state index in [2.05, 4.69) is 26.1 Å². The van der Waals surface area contributed by atoms with Crippen LogP contribution < -0.4 is 11.1 Å². The van der Waals surface area contributed by atoms with Crippen molar-refractivity contribution in [3.8, 4) is 0 Å². The van der Waals surface area contributed by atoms with E-state index in [4.69, 9.17) is 10.5 Å². The minimum atomic E-state index is -0.0928. The van der Waals surface area contributed by atoms with Crippen LogP contribution in [0.3, 0.4) is 0 Å². The minimum Gasteiger partial charge on any atom is -0.378 e. The summed E-state index contributed by atoms with van der Waals surface area (Å²) in [4.78, 5) is 0. The lowest BCUT2D eigenvalue weighted by molar-refractivity contribution is -0.148. The van der Waals surface area contributed by atoms with Gasteiger partial charge in [-0.2, -0.15) is 0 Å². The molecule has 3 fully saturated rings. The minimum absolute atomic E-state index is 0.0880. The summed E-state index contributed by atoms with van der Waals surface area (Å²) in [6.07, 6.45) is 7.20. The fourth-order valence-electron chi connectivity index (χ4n) is 4.04. The Bertz CT molecular complexity index is 337. The molecule has 3 aliphatic carbocycles. The van der Waals surface area contributed by atoms with E-state index in [1.165, 1.54) is 32.2 Å². The van der Waals surface area contributed by atoms with Crippen LogP contribution in [0.1, 0.15) is 52.9 Å². The van der Waals surface area contributed by atoms with Gasteiger partial charge in [0.1, 0.15) is 0 Å². The van der Waals surface area contributed by atoms with E-state index in [0.717, 1.165) is 37.3 Å². The molecule has 0 spiro atoms. The van der Waals surface area contributed by atoms with Crippen molar-refractivity contribution in [2.75, 3.05) is 19.7 Å². The number of rotatable bonds is 8. The van der Waals surface area contributed by atoms with Crippen LogP contribution in [-0.4, -0.2) is 31.3 Å². The van der Waals surface area contributed by atoms with Gasteiger partial charge < -0.3 is 15.8 Å². The highest BCUT2D eigenvalue weighted by molar-refractivity contribution is 5.14. The molecule has 3 N–H and O–H groups in total. The Morgan fingerprint density at radius 3 is 2.25 bits per heavy atom. The molecule has 3 rings (SSSR count). The van der Waals surface area contributed by atoms with Crippen molar-refractivity contribution in [1.82, 2.24) is 5.32 Å². The van der Waals surface area contributed by atoms with Gasteiger partial charge in [-0.3, -0.25) is 0 Å². The zero-order valence-corrected chi connectivity index (χ0v) is 13.5. The van der Waals surface area contributed by atoms with Crippen LogP contribution >= 0.6 is 0 Å². The molecule has 0 bridgehead atoms. The van der Waals surface area contributed by atoms with Gasteiger partial charge in [0.2, 0.25) is 0 Å². The van der Waals surface area contributed by atoms with Gasteiger partial charge in [0.25, 0.3) is 0 Å². The van der Waals surface area contributed by atoms with Crippen molar-refractivity contribution in [1.29, 1.82) is 0 Å². The maximum atomic E-state index is 6.63. The van der Waals surface area contributed by atoms with Gasteiger partial charge in [-0.05, 0) is 63.3 Å². The van der Waals surface area contributed by atoms with Gasteiger partial charge >= 0.3 is 0 Å². The molecule has 2 unspecified atom stereocenters. The van der Waals surface area contributed by atoms with E-state index in [0.29, 0.717) is 6.10 Å². The van der Waals surface area contributed by atoms with Crippen molar-refractivity contribution in [3.63, 3.8) is 0 Å². The summed E-state index contributed by atoms with van der Waals surface area (Å²) in [7, 11) is 0. The van der Waals surface area contributed by atoms with Gasteiger partial charge in [-0.25, -0.2) is 0 Å². The number of ether oxygens (including phenoxy) is 1. The summed E-state index contributed by atoms with van der Waals surface area (Å²) < 4.78 is 5.80. The second kappa shape index (κ2) is 5.26. The van der Waals surface area contributed by atoms with Crippen molar-refractivity contribution < 1.29 is 4.74 Å². The third-order valence-electron chi connectivity index (χ3n) is 6.28. The first kappa shape index (κ1) is 14.8. The van der Waals surface area contributed by atoms with Gasteiger partial charge in [0, 0.05) is 24.1 Å². The Balaban J connectivity index is 1.46. The van der Waals surface area contributed by atoms with E-state index in [-0.39, 0.29) is 11.0 Å². The highest BCUT2D eigenvalue weighted by Gasteiger charge is 2.58. The molecule has 0 aromatic carbocycles. The van der Waals surface area contributed by atoms with Crippen molar-refractivity contribution in [2.45, 2.75) is 64.5 Å². The first-order chi connectivity index (χ1) is 9.48. The molecule has 3 nitrogen and oxygen atoms in total. The fourth-order valence-corrected chi connectivity index (χ4v) is 4.04. The maximum Gasteiger partial charge on any atom is 0.0662 e. The van der Waals surface area contributed by atoms with Crippen LogP contribution in [0.2, 0.25) is 0 Å². The van der Waals surface area contributed by atoms with E-state index < -0.39 is 0 Å². The lowest BCUT2D eigenvalue weighted by Crippen LogP contribution is -2.73. The maximum absolute atomic E-state index is 6.63. The normalized spacial score (nSPS) is 36.1. The molecule has 20 heavy (non-hydrogen) atoms. The molecule has 3 saturated carbocycles. The molecule has 3 aliphatic rings. The molecular weight excluding hydrogens is 248 g/mol. The van der Waals surface area contributed by atoms with Crippen LogP contribution in [0, 0.1) is 23.2 Å². The van der Waals surface area contributed by atoms with Crippen molar-refractivity contribution >= 4 is 0 Å². The highest BCUT2D eigenvalue weighted by atomic mass is 16.5. The molecule has 0 radical (unpaired) electrons. The zero-order chi connectivity index (χ0) is 14.4. The molecular formula is C17H32N2O. The Morgan fingerprint density at radius 2 is 1.80 bits per heavy atom. The van der Waals surface area contributed by atoms with Crippen molar-refractivity contribution in [3.05, 3.63) is 0 Å². The summed E-state index contributed by atoms with van der Waals surface area (Å²) >= 11 is 0. The van der Waals surface area contributed by atoms with E-state index in [1.54, 1.807) is 0 Å². The molecule has 0 heterocycles. The van der Waals surface area contributed by atoms with Crippen LogP contribution in [0.5, 0.6) is 0 Å². The van der Waals surface area contributed by atoms with Gasteiger partial charge in [0.05, 0.1) is 6.10 Å². The summed E-state index contributed by atoms with van der Waals surface area (Å²) in [6, 6.07) is 0. The van der Waals surface area contributed by atoms with Gasteiger partial charge in [0.15, 0.2) is 0 Å². The number of hydrogen-bond donors (Lipinski definition) is 2. The lowest BCUT2D eigenvalue weighted by atomic mass is 9.54. The number of nitrogens with two attached hydrogens (primary N) is 1. The second-order valence-corrected chi connectivity index (χ2v) is 8.00. The average Bonchev–Trinajstić information content (AvgIpc) is 3.27. The topological polar surface area (TPSA) is 47.3 Å². The van der Waals surface area contributed by atoms with Crippen LogP contribution in [0.25, 0.3) is 0 Å². The molecule has 0 aliphatic heterocycles. The molecule has 0 amide bonds. The zero-order valence-electron chi connectivity index (χ0n) is 13.5. The standard InChI is InChI=1S/C17H32N2O/c1-4-20-15-9-17(18,16(15,2)3)11-19-10-14(12-5-6-12)13-7-8-13/h12-15,19H,4-11,18H2,1-3H3. The smallest absolute Gasteiger partial charge is 0.0662 e. The summed E-state index contributed by atoms with van der Waals surface area (Å²) in [5, 5.41) is 3.71. The van der Waals surface area contributed by atoms with Crippen LogP contribution in [0.4, 0.5) is 0 Å². The largest absolute Gasteiger partial charge is 0.378 e. The number of nitrogens with one attached hydrogen (secondary N) is 1. The van der Waals surface area contributed by atoms with E-state index in [9.17, 15) is 0 Å². The second-order valence-electron chi connectivity index (χ2n) is 8.00. The van der Waals surface area contributed by atoms with Crippen molar-refractivity contribution in [2.24, 2.45) is 28.9 Å². The lowest BCUT2D eigenvalue weighted by Gasteiger charge is -2.59. The third kappa shape index (κ3) is 2.65. The quantitative estimate of drug-likeness (QED) is 0.718. The molecule has 0 saturated heterocycles.